The lowest BCUT2D eigenvalue weighted by molar-refractivity contribution is -0.0364. The molecule has 2 atom stereocenters. The SMILES string of the molecule is CC(OCc1ccccc1)C(O)c1ccc(F)cc1. The molecule has 2 nitrogen and oxygen atoms in total. The monoisotopic (exact) mass is 260 g/mol. The van der Waals surface area contributed by atoms with Crippen LogP contribution in [-0.2, 0) is 11.3 Å². The fourth-order valence-electron chi connectivity index (χ4n) is 1.82. The molecule has 1 N–H and O–H groups in total. The molecule has 0 aromatic heterocycles. The molecule has 100 valence electrons. The minimum atomic E-state index is -0.760. The molecular formula is C16H17FO2. The second kappa shape index (κ2) is 6.45. The van der Waals surface area contributed by atoms with Gasteiger partial charge in [0.1, 0.15) is 11.9 Å². The van der Waals surface area contributed by atoms with Crippen LogP contribution in [-0.4, -0.2) is 11.2 Å². The van der Waals surface area contributed by atoms with Gasteiger partial charge in [0, 0.05) is 0 Å². The standard InChI is InChI=1S/C16H17FO2/c1-12(19-11-13-5-3-2-4-6-13)16(18)14-7-9-15(17)10-8-14/h2-10,12,16,18H,11H2,1H3. The van der Waals surface area contributed by atoms with Crippen LogP contribution in [0.4, 0.5) is 4.39 Å². The Labute approximate surface area is 112 Å². The van der Waals surface area contributed by atoms with Crippen LogP contribution in [0.15, 0.2) is 54.6 Å². The smallest absolute Gasteiger partial charge is 0.123 e. The van der Waals surface area contributed by atoms with E-state index in [2.05, 4.69) is 0 Å². The van der Waals surface area contributed by atoms with Crippen LogP contribution >= 0.6 is 0 Å². The molecule has 3 heteroatoms. The first-order chi connectivity index (χ1) is 9.16. The first kappa shape index (κ1) is 13.7. The van der Waals surface area contributed by atoms with Gasteiger partial charge in [0.15, 0.2) is 0 Å². The normalized spacial score (nSPS) is 14.1. The minimum absolute atomic E-state index is 0.311. The quantitative estimate of drug-likeness (QED) is 0.892. The van der Waals surface area contributed by atoms with Gasteiger partial charge in [0.25, 0.3) is 0 Å². The summed E-state index contributed by atoms with van der Waals surface area (Å²) in [6, 6.07) is 15.6. The molecular weight excluding hydrogens is 243 g/mol. The van der Waals surface area contributed by atoms with E-state index in [1.165, 1.54) is 12.1 Å². The van der Waals surface area contributed by atoms with Crippen molar-refractivity contribution in [1.29, 1.82) is 0 Å². The van der Waals surface area contributed by atoms with Crippen LogP contribution in [0.2, 0.25) is 0 Å². The molecule has 0 radical (unpaired) electrons. The summed E-state index contributed by atoms with van der Waals surface area (Å²) >= 11 is 0. The number of hydrogen-bond donors (Lipinski definition) is 1. The number of aliphatic hydroxyl groups is 1. The summed E-state index contributed by atoms with van der Waals surface area (Å²) in [7, 11) is 0. The number of ether oxygens (including phenoxy) is 1. The molecule has 0 saturated carbocycles. The van der Waals surface area contributed by atoms with Crippen molar-refractivity contribution < 1.29 is 14.2 Å². The van der Waals surface area contributed by atoms with Gasteiger partial charge < -0.3 is 9.84 Å². The van der Waals surface area contributed by atoms with Crippen molar-refractivity contribution in [2.75, 3.05) is 0 Å². The molecule has 0 heterocycles. The number of hydrogen-bond acceptors (Lipinski definition) is 2. The Hall–Kier alpha value is -1.71. The predicted molar refractivity (Wildman–Crippen MR) is 72.1 cm³/mol. The van der Waals surface area contributed by atoms with Crippen molar-refractivity contribution in [2.45, 2.75) is 25.7 Å². The van der Waals surface area contributed by atoms with Gasteiger partial charge in [-0.05, 0) is 30.2 Å². The maximum atomic E-state index is 12.8. The van der Waals surface area contributed by atoms with E-state index >= 15 is 0 Å². The largest absolute Gasteiger partial charge is 0.386 e. The van der Waals surface area contributed by atoms with Crippen LogP contribution in [0.5, 0.6) is 0 Å². The predicted octanol–water partition coefficient (Wildman–Crippen LogP) is 3.46. The molecule has 0 aliphatic carbocycles. The lowest BCUT2D eigenvalue weighted by Gasteiger charge is -2.20. The summed E-state index contributed by atoms with van der Waals surface area (Å²) < 4.78 is 18.4. The van der Waals surface area contributed by atoms with Crippen molar-refractivity contribution in [3.63, 3.8) is 0 Å². The number of rotatable bonds is 5. The summed E-state index contributed by atoms with van der Waals surface area (Å²) in [4.78, 5) is 0. The zero-order valence-corrected chi connectivity index (χ0v) is 10.8. The number of aliphatic hydroxyl groups excluding tert-OH is 1. The van der Waals surface area contributed by atoms with Gasteiger partial charge in [0.05, 0.1) is 12.7 Å². The van der Waals surface area contributed by atoms with Crippen LogP contribution in [0.3, 0.4) is 0 Å². The van der Waals surface area contributed by atoms with E-state index in [1.807, 2.05) is 30.3 Å². The van der Waals surface area contributed by atoms with Crippen LogP contribution in [0, 0.1) is 5.82 Å². The minimum Gasteiger partial charge on any atom is -0.386 e. The van der Waals surface area contributed by atoms with Gasteiger partial charge >= 0.3 is 0 Å². The average Bonchev–Trinajstić information content (AvgIpc) is 2.46. The average molecular weight is 260 g/mol. The van der Waals surface area contributed by atoms with Gasteiger partial charge in [-0.15, -0.1) is 0 Å². The number of benzene rings is 2. The fourth-order valence-corrected chi connectivity index (χ4v) is 1.82. The molecule has 0 fully saturated rings. The maximum Gasteiger partial charge on any atom is 0.123 e. The molecule has 19 heavy (non-hydrogen) atoms. The van der Waals surface area contributed by atoms with Gasteiger partial charge in [-0.1, -0.05) is 42.5 Å². The van der Waals surface area contributed by atoms with Gasteiger partial charge in [-0.3, -0.25) is 0 Å². The summed E-state index contributed by atoms with van der Waals surface area (Å²) in [5.74, 6) is -0.311. The van der Waals surface area contributed by atoms with Crippen molar-refractivity contribution in [3.05, 3.63) is 71.5 Å². The van der Waals surface area contributed by atoms with Crippen molar-refractivity contribution in [1.82, 2.24) is 0 Å². The third kappa shape index (κ3) is 3.88. The molecule has 0 aliphatic rings. The van der Waals surface area contributed by atoms with Crippen LogP contribution < -0.4 is 0 Å². The third-order valence-electron chi connectivity index (χ3n) is 3.01. The molecule has 0 aliphatic heterocycles. The highest BCUT2D eigenvalue weighted by molar-refractivity contribution is 5.19. The highest BCUT2D eigenvalue weighted by atomic mass is 19.1. The van der Waals surface area contributed by atoms with Gasteiger partial charge in [0.2, 0.25) is 0 Å². The Balaban J connectivity index is 1.92. The molecule has 0 spiro atoms. The molecule has 0 amide bonds. The molecule has 2 aromatic carbocycles. The van der Waals surface area contributed by atoms with Gasteiger partial charge in [-0.2, -0.15) is 0 Å². The third-order valence-corrected chi connectivity index (χ3v) is 3.01. The van der Waals surface area contributed by atoms with E-state index in [0.717, 1.165) is 5.56 Å². The van der Waals surface area contributed by atoms with E-state index in [0.29, 0.717) is 12.2 Å². The van der Waals surface area contributed by atoms with E-state index < -0.39 is 6.10 Å². The fraction of sp³-hybridized carbons (Fsp3) is 0.250. The Bertz CT molecular complexity index is 496. The van der Waals surface area contributed by atoms with E-state index in [1.54, 1.807) is 19.1 Å². The molecule has 0 bridgehead atoms. The van der Waals surface area contributed by atoms with Crippen molar-refractivity contribution >= 4 is 0 Å². The van der Waals surface area contributed by atoms with E-state index in [4.69, 9.17) is 4.74 Å². The summed E-state index contributed by atoms with van der Waals surface area (Å²) in [5, 5.41) is 10.1. The topological polar surface area (TPSA) is 29.5 Å². The lowest BCUT2D eigenvalue weighted by Crippen LogP contribution is -2.18. The zero-order valence-electron chi connectivity index (χ0n) is 10.8. The Kier molecular flexibility index (Phi) is 4.66. The second-order valence-electron chi connectivity index (χ2n) is 4.50. The Morgan fingerprint density at radius 2 is 1.68 bits per heavy atom. The zero-order chi connectivity index (χ0) is 13.7. The second-order valence-corrected chi connectivity index (χ2v) is 4.50. The maximum absolute atomic E-state index is 12.8. The molecule has 2 rings (SSSR count). The first-order valence-electron chi connectivity index (χ1n) is 6.26. The van der Waals surface area contributed by atoms with Crippen molar-refractivity contribution in [3.8, 4) is 0 Å². The number of halogens is 1. The van der Waals surface area contributed by atoms with Crippen molar-refractivity contribution in [2.24, 2.45) is 0 Å². The Morgan fingerprint density at radius 1 is 1.05 bits per heavy atom. The molecule has 2 unspecified atom stereocenters. The summed E-state index contributed by atoms with van der Waals surface area (Å²) in [6.45, 7) is 2.25. The van der Waals surface area contributed by atoms with E-state index in [-0.39, 0.29) is 11.9 Å². The van der Waals surface area contributed by atoms with Crippen LogP contribution in [0.1, 0.15) is 24.2 Å². The highest BCUT2D eigenvalue weighted by Gasteiger charge is 2.16. The first-order valence-corrected chi connectivity index (χ1v) is 6.26. The van der Waals surface area contributed by atoms with Gasteiger partial charge in [-0.25, -0.2) is 4.39 Å². The summed E-state index contributed by atoms with van der Waals surface area (Å²) in [5.41, 5.74) is 1.71. The Morgan fingerprint density at radius 3 is 2.32 bits per heavy atom. The lowest BCUT2D eigenvalue weighted by atomic mass is 10.1. The molecule has 0 saturated heterocycles. The van der Waals surface area contributed by atoms with Crippen LogP contribution in [0.25, 0.3) is 0 Å². The summed E-state index contributed by atoms with van der Waals surface area (Å²) in [6.07, 6.45) is -1.12. The molecule has 2 aromatic rings. The van der Waals surface area contributed by atoms with E-state index in [9.17, 15) is 9.50 Å². The highest BCUT2D eigenvalue weighted by Crippen LogP contribution is 2.20.